The second kappa shape index (κ2) is 28.3. The molecule has 0 aliphatic carbocycles. The molecule has 1 aromatic carbocycles. The van der Waals surface area contributed by atoms with E-state index in [4.69, 9.17) is 13.9 Å². The summed E-state index contributed by atoms with van der Waals surface area (Å²) in [5, 5.41) is 0.818. The van der Waals surface area contributed by atoms with Crippen LogP contribution in [0, 0.1) is 0 Å². The van der Waals surface area contributed by atoms with Gasteiger partial charge < -0.3 is 13.9 Å². The molecule has 45 heavy (non-hydrogen) atoms. The largest absolute Gasteiger partial charge is 0.490 e. The molecule has 0 saturated heterocycles. The molecule has 4 nitrogen and oxygen atoms in total. The summed E-state index contributed by atoms with van der Waals surface area (Å²) in [7, 11) is 0. The zero-order valence-electron chi connectivity index (χ0n) is 29.7. The summed E-state index contributed by atoms with van der Waals surface area (Å²) in [6.07, 6.45) is 37.7. The van der Waals surface area contributed by atoms with Gasteiger partial charge in [-0.3, -0.25) is 0 Å². The fourth-order valence-corrected chi connectivity index (χ4v) is 6.31. The van der Waals surface area contributed by atoms with E-state index in [1.54, 1.807) is 6.07 Å². The maximum atomic E-state index is 11.8. The molecule has 0 atom stereocenters. The summed E-state index contributed by atoms with van der Waals surface area (Å²) in [5.74, 6) is 1.48. The van der Waals surface area contributed by atoms with Crippen molar-refractivity contribution in [1.29, 1.82) is 0 Å². The number of unbranched alkanes of at least 4 members (excludes halogenated alkanes) is 26. The Hall–Kier alpha value is -1.97. The van der Waals surface area contributed by atoms with E-state index < -0.39 is 0 Å². The van der Waals surface area contributed by atoms with Gasteiger partial charge in [-0.25, -0.2) is 4.79 Å². The molecular weight excluding hydrogens is 556 g/mol. The quantitative estimate of drug-likeness (QED) is 0.0599. The third-order valence-corrected chi connectivity index (χ3v) is 9.22. The number of rotatable bonds is 32. The van der Waals surface area contributed by atoms with E-state index in [0.717, 1.165) is 29.7 Å². The van der Waals surface area contributed by atoms with Crippen LogP contribution in [0.1, 0.15) is 194 Å². The Labute approximate surface area is 277 Å². The zero-order valence-corrected chi connectivity index (χ0v) is 29.7. The van der Waals surface area contributed by atoms with E-state index in [2.05, 4.69) is 13.8 Å². The second-order valence-corrected chi connectivity index (χ2v) is 13.4. The molecule has 4 heteroatoms. The number of ether oxygens (including phenoxy) is 2. The molecule has 0 fully saturated rings. The molecule has 0 saturated carbocycles. The lowest BCUT2D eigenvalue weighted by Gasteiger charge is -2.15. The molecule has 0 spiro atoms. The maximum Gasteiger partial charge on any atom is 0.336 e. The topological polar surface area (TPSA) is 48.7 Å². The first-order valence-corrected chi connectivity index (χ1v) is 19.6. The van der Waals surface area contributed by atoms with Crippen molar-refractivity contribution in [2.24, 2.45) is 0 Å². The van der Waals surface area contributed by atoms with Crippen molar-refractivity contribution in [2.45, 2.75) is 194 Å². The highest BCUT2D eigenvalue weighted by molar-refractivity contribution is 5.86. The van der Waals surface area contributed by atoms with Gasteiger partial charge in [-0.2, -0.15) is 0 Å². The van der Waals surface area contributed by atoms with Crippen LogP contribution in [0.15, 0.2) is 33.5 Å². The number of benzene rings is 1. The van der Waals surface area contributed by atoms with Gasteiger partial charge in [-0.15, -0.1) is 0 Å². The minimum atomic E-state index is -0.337. The Morgan fingerprint density at radius 3 is 1.24 bits per heavy atom. The van der Waals surface area contributed by atoms with Gasteiger partial charge in [0, 0.05) is 6.07 Å². The summed E-state index contributed by atoms with van der Waals surface area (Å²) in [5.41, 5.74) is 0.221. The van der Waals surface area contributed by atoms with Crippen molar-refractivity contribution in [3.63, 3.8) is 0 Å². The van der Waals surface area contributed by atoms with Crippen molar-refractivity contribution >= 4 is 11.0 Å². The fourth-order valence-electron chi connectivity index (χ4n) is 6.31. The van der Waals surface area contributed by atoms with Crippen LogP contribution in [0.3, 0.4) is 0 Å². The first kappa shape index (κ1) is 39.2. The van der Waals surface area contributed by atoms with Crippen LogP contribution in [0.2, 0.25) is 0 Å². The standard InChI is InChI=1S/C41H70O4/c1-3-5-7-9-11-13-15-17-19-21-23-25-27-29-35-43-39-33-32-38-37(31-34-40(42)45-38)41(39)44-36-30-28-26-24-22-20-18-16-14-12-10-8-6-4-2/h31-34H,3-30,35-36H2,1-2H3. The summed E-state index contributed by atoms with van der Waals surface area (Å²) in [6, 6.07) is 7.01. The molecule has 0 aliphatic rings. The van der Waals surface area contributed by atoms with Crippen LogP contribution in [0.25, 0.3) is 11.0 Å². The molecule has 0 N–H and O–H groups in total. The SMILES string of the molecule is CCCCCCCCCCCCCCCCOc1ccc2oc(=O)ccc2c1OCCCCCCCCCCCCCCCC. The monoisotopic (exact) mass is 627 g/mol. The van der Waals surface area contributed by atoms with Gasteiger partial charge in [0.15, 0.2) is 11.5 Å². The lowest BCUT2D eigenvalue weighted by Crippen LogP contribution is -2.04. The van der Waals surface area contributed by atoms with Gasteiger partial charge in [-0.05, 0) is 31.0 Å². The third-order valence-electron chi connectivity index (χ3n) is 9.22. The molecule has 0 radical (unpaired) electrons. The maximum absolute atomic E-state index is 11.8. The normalized spacial score (nSPS) is 11.4. The highest BCUT2D eigenvalue weighted by atomic mass is 16.5. The molecule has 0 bridgehead atoms. The van der Waals surface area contributed by atoms with E-state index in [9.17, 15) is 4.79 Å². The predicted molar refractivity (Wildman–Crippen MR) is 194 cm³/mol. The summed E-state index contributed by atoms with van der Waals surface area (Å²) in [6.45, 7) is 5.92. The first-order chi connectivity index (χ1) is 22.3. The fraction of sp³-hybridized carbons (Fsp3) is 0.780. The number of hydrogen-bond donors (Lipinski definition) is 0. The Bertz CT molecular complexity index is 997. The molecule has 2 rings (SSSR count). The highest BCUT2D eigenvalue weighted by Crippen LogP contribution is 2.35. The third kappa shape index (κ3) is 20.0. The number of hydrogen-bond acceptors (Lipinski definition) is 4. The van der Waals surface area contributed by atoms with Gasteiger partial charge in [0.2, 0.25) is 0 Å². The first-order valence-electron chi connectivity index (χ1n) is 19.6. The average Bonchev–Trinajstić information content (AvgIpc) is 3.05. The Kier molecular flexibility index (Phi) is 24.6. The van der Waals surface area contributed by atoms with Crippen LogP contribution in [0.5, 0.6) is 11.5 Å². The van der Waals surface area contributed by atoms with Crippen LogP contribution in [-0.2, 0) is 0 Å². The van der Waals surface area contributed by atoms with Crippen molar-refractivity contribution in [3.8, 4) is 11.5 Å². The van der Waals surface area contributed by atoms with E-state index in [0.29, 0.717) is 18.8 Å². The van der Waals surface area contributed by atoms with Crippen molar-refractivity contribution in [2.75, 3.05) is 13.2 Å². The van der Waals surface area contributed by atoms with Crippen molar-refractivity contribution < 1.29 is 13.9 Å². The smallest absolute Gasteiger partial charge is 0.336 e. The lowest BCUT2D eigenvalue weighted by molar-refractivity contribution is 0.260. The van der Waals surface area contributed by atoms with Gasteiger partial charge in [0.1, 0.15) is 5.58 Å². The number of fused-ring (bicyclic) bond motifs is 1. The molecule has 1 aromatic heterocycles. The van der Waals surface area contributed by atoms with Gasteiger partial charge in [-0.1, -0.05) is 181 Å². The second-order valence-electron chi connectivity index (χ2n) is 13.4. The Morgan fingerprint density at radius 2 is 0.822 bits per heavy atom. The molecule has 0 aliphatic heterocycles. The molecule has 1 heterocycles. The van der Waals surface area contributed by atoms with E-state index >= 15 is 0 Å². The minimum Gasteiger partial charge on any atom is -0.490 e. The van der Waals surface area contributed by atoms with Crippen LogP contribution in [0.4, 0.5) is 0 Å². The van der Waals surface area contributed by atoms with Gasteiger partial charge in [0.05, 0.1) is 18.6 Å². The average molecular weight is 627 g/mol. The van der Waals surface area contributed by atoms with Crippen LogP contribution < -0.4 is 15.1 Å². The van der Waals surface area contributed by atoms with E-state index in [1.807, 2.05) is 12.1 Å². The predicted octanol–water partition coefficient (Wildman–Crippen LogP) is 13.5. The molecular formula is C41H70O4. The molecule has 258 valence electrons. The van der Waals surface area contributed by atoms with Crippen LogP contribution in [-0.4, -0.2) is 13.2 Å². The lowest BCUT2D eigenvalue weighted by atomic mass is 10.0. The summed E-state index contributed by atoms with van der Waals surface area (Å²) < 4.78 is 17.9. The van der Waals surface area contributed by atoms with Gasteiger partial charge >= 0.3 is 5.63 Å². The zero-order chi connectivity index (χ0) is 32.0. The van der Waals surface area contributed by atoms with Crippen molar-refractivity contribution in [1.82, 2.24) is 0 Å². The highest BCUT2D eigenvalue weighted by Gasteiger charge is 2.13. The molecule has 2 aromatic rings. The Balaban J connectivity index is 1.56. The summed E-state index contributed by atoms with van der Waals surface area (Å²) in [4.78, 5) is 11.8. The molecule has 0 unspecified atom stereocenters. The minimum absolute atomic E-state index is 0.337. The summed E-state index contributed by atoms with van der Waals surface area (Å²) >= 11 is 0. The van der Waals surface area contributed by atoms with Gasteiger partial charge in [0.25, 0.3) is 0 Å². The Morgan fingerprint density at radius 1 is 0.444 bits per heavy atom. The molecule has 0 amide bonds. The van der Waals surface area contributed by atoms with E-state index in [-0.39, 0.29) is 5.63 Å². The van der Waals surface area contributed by atoms with Crippen LogP contribution >= 0.6 is 0 Å². The van der Waals surface area contributed by atoms with E-state index in [1.165, 1.54) is 173 Å². The van der Waals surface area contributed by atoms with Crippen molar-refractivity contribution in [3.05, 3.63) is 34.7 Å².